The van der Waals surface area contributed by atoms with E-state index in [1.807, 2.05) is 30.3 Å². The Hall–Kier alpha value is -8.08. The Bertz CT molecular complexity index is 3490. The van der Waals surface area contributed by atoms with Crippen LogP contribution in [0.2, 0.25) is 0 Å². The zero-order chi connectivity index (χ0) is 41.5. The van der Waals surface area contributed by atoms with Crippen LogP contribution in [0.3, 0.4) is 0 Å². The fourth-order valence-electron chi connectivity index (χ4n) is 10.5. The molecule has 296 valence electrons. The van der Waals surface area contributed by atoms with Crippen molar-refractivity contribution in [2.75, 3.05) is 0 Å². The summed E-state index contributed by atoms with van der Waals surface area (Å²) in [7, 11) is 0. The van der Waals surface area contributed by atoms with Crippen molar-refractivity contribution in [3.63, 3.8) is 0 Å². The molecule has 1 aliphatic heterocycles. The molecule has 0 amide bonds. The quantitative estimate of drug-likeness (QED) is 0.174. The minimum atomic E-state index is -0.504. The van der Waals surface area contributed by atoms with Crippen molar-refractivity contribution in [1.29, 1.82) is 0 Å². The van der Waals surface area contributed by atoms with Crippen LogP contribution >= 0.6 is 0 Å². The molecule has 2 aromatic heterocycles. The SMILES string of the molecule is C1=CC(c2ccc3c(c2)Oc2ccccc2C32c3ccccc3-c3ccccc32)=C(c2cc(-c3ccc(-c4cccc5c4oc4ccccc45)cc3)nc(-c3ccccc3)n2)CC1. The Balaban J connectivity index is 0.948. The van der Waals surface area contributed by atoms with Crippen LogP contribution in [0.25, 0.3) is 78.0 Å². The van der Waals surface area contributed by atoms with E-state index in [4.69, 9.17) is 19.1 Å². The average Bonchev–Trinajstić information content (AvgIpc) is 3.88. The highest BCUT2D eigenvalue weighted by atomic mass is 16.5. The van der Waals surface area contributed by atoms with Crippen LogP contribution in [0.5, 0.6) is 11.5 Å². The van der Waals surface area contributed by atoms with E-state index in [2.05, 4.69) is 176 Å². The highest BCUT2D eigenvalue weighted by Gasteiger charge is 2.51. The summed E-state index contributed by atoms with van der Waals surface area (Å²) in [6.07, 6.45) is 6.32. The number of rotatable bonds is 5. The first kappa shape index (κ1) is 35.7. The third kappa shape index (κ3) is 5.41. The van der Waals surface area contributed by atoms with Gasteiger partial charge in [-0.2, -0.15) is 0 Å². The highest BCUT2D eigenvalue weighted by Crippen LogP contribution is 2.62. The molecule has 1 spiro atoms. The molecule has 0 radical (unpaired) electrons. The van der Waals surface area contributed by atoms with Gasteiger partial charge in [0.2, 0.25) is 0 Å². The Kier molecular flexibility index (Phi) is 7.91. The van der Waals surface area contributed by atoms with E-state index in [1.165, 1.54) is 33.4 Å². The lowest BCUT2D eigenvalue weighted by atomic mass is 9.66. The third-order valence-corrected chi connectivity index (χ3v) is 13.3. The number of benzene rings is 8. The van der Waals surface area contributed by atoms with Gasteiger partial charge in [0.05, 0.1) is 16.8 Å². The first-order valence-corrected chi connectivity index (χ1v) is 21.7. The molecule has 3 heterocycles. The molecule has 63 heavy (non-hydrogen) atoms. The second-order valence-corrected chi connectivity index (χ2v) is 16.7. The van der Waals surface area contributed by atoms with E-state index in [0.717, 1.165) is 96.6 Å². The number of hydrogen-bond donors (Lipinski definition) is 0. The summed E-state index contributed by atoms with van der Waals surface area (Å²) in [5.41, 5.74) is 18.1. The van der Waals surface area contributed by atoms with Crippen molar-refractivity contribution in [1.82, 2.24) is 9.97 Å². The van der Waals surface area contributed by atoms with E-state index < -0.39 is 5.41 Å². The van der Waals surface area contributed by atoms with Crippen LogP contribution in [-0.4, -0.2) is 9.97 Å². The van der Waals surface area contributed by atoms with Crippen LogP contribution in [0, 0.1) is 0 Å². The van der Waals surface area contributed by atoms with E-state index in [9.17, 15) is 0 Å². The maximum atomic E-state index is 6.92. The van der Waals surface area contributed by atoms with Crippen LogP contribution in [0.4, 0.5) is 0 Å². The molecule has 8 aromatic carbocycles. The molecule has 0 atom stereocenters. The molecule has 3 aliphatic rings. The van der Waals surface area contributed by atoms with Gasteiger partial charge < -0.3 is 9.15 Å². The van der Waals surface area contributed by atoms with Gasteiger partial charge in [0.1, 0.15) is 22.7 Å². The van der Waals surface area contributed by atoms with Crippen molar-refractivity contribution >= 4 is 33.1 Å². The molecule has 13 rings (SSSR count). The van der Waals surface area contributed by atoms with E-state index in [1.54, 1.807) is 0 Å². The molecule has 4 nitrogen and oxygen atoms in total. The lowest BCUT2D eigenvalue weighted by Gasteiger charge is -2.39. The number of furan rings is 1. The summed E-state index contributed by atoms with van der Waals surface area (Å²) in [6.45, 7) is 0. The van der Waals surface area contributed by atoms with Crippen molar-refractivity contribution in [3.05, 3.63) is 240 Å². The number of fused-ring (bicyclic) bond motifs is 12. The van der Waals surface area contributed by atoms with Gasteiger partial charge in [-0.1, -0.05) is 182 Å². The maximum Gasteiger partial charge on any atom is 0.160 e. The largest absolute Gasteiger partial charge is 0.457 e. The zero-order valence-electron chi connectivity index (χ0n) is 34.3. The summed E-state index contributed by atoms with van der Waals surface area (Å²) in [4.78, 5) is 10.5. The molecule has 0 saturated carbocycles. The fraction of sp³-hybridized carbons (Fsp3) is 0.0508. The topological polar surface area (TPSA) is 48.2 Å². The maximum absolute atomic E-state index is 6.92. The number of hydrogen-bond acceptors (Lipinski definition) is 4. The van der Waals surface area contributed by atoms with Gasteiger partial charge in [-0.25, -0.2) is 9.97 Å². The van der Waals surface area contributed by atoms with Gasteiger partial charge in [-0.05, 0) is 81.6 Å². The van der Waals surface area contributed by atoms with E-state index >= 15 is 0 Å². The van der Waals surface area contributed by atoms with Crippen LogP contribution < -0.4 is 4.74 Å². The van der Waals surface area contributed by atoms with Gasteiger partial charge in [0.15, 0.2) is 5.82 Å². The molecular formula is C59H38N2O2. The lowest BCUT2D eigenvalue weighted by molar-refractivity contribution is 0.436. The standard InChI is InChI=1S/C59H38N2O2/c1-2-15-39(16-3-1)58-60-52(38-31-29-37(30-32-38)42-22-14-23-47-46-21-8-12-27-54(46)63-57(42)47)36-53(61-58)45-20-5-4-17-41(45)40-33-34-51-56(35-40)62-55-28-13-11-26-50(55)59(51)48-24-9-6-18-43(48)44-19-7-10-25-49(44)59/h1-4,6-19,21-36H,5,20H2. The Morgan fingerprint density at radius 1 is 0.444 bits per heavy atom. The number of nitrogens with zero attached hydrogens (tertiary/aromatic N) is 2. The molecule has 0 N–H and O–H groups in total. The zero-order valence-corrected chi connectivity index (χ0v) is 34.3. The summed E-state index contributed by atoms with van der Waals surface area (Å²) in [6, 6.07) is 68.9. The van der Waals surface area contributed by atoms with Gasteiger partial charge in [-0.3, -0.25) is 0 Å². The number of ether oxygens (including phenoxy) is 1. The van der Waals surface area contributed by atoms with E-state index in [-0.39, 0.29) is 0 Å². The summed E-state index contributed by atoms with van der Waals surface area (Å²) >= 11 is 0. The summed E-state index contributed by atoms with van der Waals surface area (Å²) in [5.74, 6) is 2.46. The Labute approximate surface area is 365 Å². The van der Waals surface area contributed by atoms with Crippen molar-refractivity contribution < 1.29 is 9.15 Å². The lowest BCUT2D eigenvalue weighted by Crippen LogP contribution is -2.32. The molecule has 0 saturated heterocycles. The van der Waals surface area contributed by atoms with Gasteiger partial charge in [0.25, 0.3) is 0 Å². The predicted molar refractivity (Wildman–Crippen MR) is 255 cm³/mol. The smallest absolute Gasteiger partial charge is 0.160 e. The summed E-state index contributed by atoms with van der Waals surface area (Å²) < 4.78 is 13.3. The third-order valence-electron chi connectivity index (χ3n) is 13.3. The normalized spacial score (nSPS) is 14.3. The second-order valence-electron chi connectivity index (χ2n) is 16.7. The highest BCUT2D eigenvalue weighted by molar-refractivity contribution is 6.09. The molecule has 2 aliphatic carbocycles. The minimum absolute atomic E-state index is 0.504. The Morgan fingerprint density at radius 3 is 1.90 bits per heavy atom. The predicted octanol–water partition coefficient (Wildman–Crippen LogP) is 15.1. The van der Waals surface area contributed by atoms with Gasteiger partial charge in [0, 0.05) is 38.6 Å². The van der Waals surface area contributed by atoms with Crippen molar-refractivity contribution in [2.45, 2.75) is 18.3 Å². The molecule has 4 heteroatoms. The average molecular weight is 807 g/mol. The number of para-hydroxylation sites is 3. The Morgan fingerprint density at radius 2 is 1.08 bits per heavy atom. The first-order chi connectivity index (χ1) is 31.2. The molecular weight excluding hydrogens is 769 g/mol. The fourth-order valence-corrected chi connectivity index (χ4v) is 10.5. The molecule has 10 aromatic rings. The second kappa shape index (κ2) is 14.0. The minimum Gasteiger partial charge on any atom is -0.457 e. The molecule has 0 fully saturated rings. The number of allylic oxidation sites excluding steroid dienone is 4. The van der Waals surface area contributed by atoms with Crippen molar-refractivity contribution in [2.24, 2.45) is 0 Å². The first-order valence-electron chi connectivity index (χ1n) is 21.7. The number of aromatic nitrogens is 2. The van der Waals surface area contributed by atoms with E-state index in [0.29, 0.717) is 5.82 Å². The monoisotopic (exact) mass is 806 g/mol. The van der Waals surface area contributed by atoms with Crippen molar-refractivity contribution in [3.8, 4) is 56.4 Å². The van der Waals surface area contributed by atoms with Crippen LogP contribution in [-0.2, 0) is 5.41 Å². The van der Waals surface area contributed by atoms with Crippen LogP contribution in [0.1, 0.15) is 46.4 Å². The summed E-state index contributed by atoms with van der Waals surface area (Å²) in [5, 5.41) is 2.25. The molecule has 0 bridgehead atoms. The molecule has 0 unspecified atom stereocenters. The van der Waals surface area contributed by atoms with Crippen LogP contribution in [0.15, 0.2) is 211 Å². The van der Waals surface area contributed by atoms with Gasteiger partial charge in [-0.15, -0.1) is 0 Å². The van der Waals surface area contributed by atoms with Gasteiger partial charge >= 0.3 is 0 Å².